The van der Waals surface area contributed by atoms with Crippen molar-refractivity contribution in [2.24, 2.45) is 0 Å². The maximum atomic E-state index is 6.37. The van der Waals surface area contributed by atoms with Crippen molar-refractivity contribution in [1.29, 1.82) is 0 Å². The molecule has 0 atom stereocenters. The molecule has 1 fully saturated rings. The number of benzene rings is 1. The summed E-state index contributed by atoms with van der Waals surface area (Å²) in [7, 11) is 1.70. The fraction of sp³-hybridized carbons (Fsp3) is 0.444. The summed E-state index contributed by atoms with van der Waals surface area (Å²) in [5.74, 6) is 3.24. The zero-order chi connectivity index (χ0) is 18.6. The van der Waals surface area contributed by atoms with Crippen LogP contribution in [0.5, 0.6) is 0 Å². The molecule has 0 bridgehead atoms. The van der Waals surface area contributed by atoms with Gasteiger partial charge in [0.15, 0.2) is 16.8 Å². The van der Waals surface area contributed by atoms with E-state index in [2.05, 4.69) is 24.9 Å². The molecule has 3 aromatic rings. The van der Waals surface area contributed by atoms with Gasteiger partial charge in [-0.25, -0.2) is 0 Å². The number of rotatable bonds is 9. The minimum Gasteiger partial charge on any atom is -0.385 e. The van der Waals surface area contributed by atoms with Crippen LogP contribution in [0.4, 0.5) is 0 Å². The first-order chi connectivity index (χ1) is 13.3. The van der Waals surface area contributed by atoms with E-state index < -0.39 is 0 Å². The third-order valence-electron chi connectivity index (χ3n) is 4.30. The largest absolute Gasteiger partial charge is 0.385 e. The lowest BCUT2D eigenvalue weighted by Gasteiger charge is -2.10. The first-order valence-corrected chi connectivity index (χ1v) is 10.2. The van der Waals surface area contributed by atoms with Crippen LogP contribution in [0.25, 0.3) is 11.4 Å². The van der Waals surface area contributed by atoms with Gasteiger partial charge in [-0.05, 0) is 31.4 Å². The van der Waals surface area contributed by atoms with Crippen LogP contribution in [0.2, 0.25) is 5.02 Å². The van der Waals surface area contributed by atoms with E-state index in [1.54, 1.807) is 18.9 Å². The summed E-state index contributed by atoms with van der Waals surface area (Å²) in [6, 6.07) is 7.66. The predicted octanol–water partition coefficient (Wildman–Crippen LogP) is 4.19. The van der Waals surface area contributed by atoms with Crippen LogP contribution in [-0.2, 0) is 17.0 Å². The molecule has 1 saturated carbocycles. The van der Waals surface area contributed by atoms with Crippen molar-refractivity contribution in [1.82, 2.24) is 24.9 Å². The van der Waals surface area contributed by atoms with Gasteiger partial charge in [-0.1, -0.05) is 40.7 Å². The monoisotopic (exact) mass is 405 g/mol. The Morgan fingerprint density at radius 3 is 2.93 bits per heavy atom. The minimum absolute atomic E-state index is 0.459. The molecular weight excluding hydrogens is 386 g/mol. The quantitative estimate of drug-likeness (QED) is 0.390. The van der Waals surface area contributed by atoms with Gasteiger partial charge in [0.25, 0.3) is 0 Å². The molecule has 0 N–H and O–H groups in total. The summed E-state index contributed by atoms with van der Waals surface area (Å²) >= 11 is 7.91. The van der Waals surface area contributed by atoms with E-state index in [0.29, 0.717) is 29.1 Å². The summed E-state index contributed by atoms with van der Waals surface area (Å²) in [6.07, 6.45) is 3.14. The SMILES string of the molecule is COCCCn1c(SCc2noc(C3CC3)n2)nnc1-c1ccccc1Cl. The van der Waals surface area contributed by atoms with Crippen LogP contribution in [0.1, 0.15) is 36.9 Å². The highest BCUT2D eigenvalue weighted by molar-refractivity contribution is 7.98. The summed E-state index contributed by atoms with van der Waals surface area (Å²) in [5, 5.41) is 14.3. The Hall–Kier alpha value is -1.90. The molecule has 4 rings (SSSR count). The number of aromatic nitrogens is 5. The van der Waals surface area contributed by atoms with Crippen LogP contribution in [0.3, 0.4) is 0 Å². The van der Waals surface area contributed by atoms with Crippen molar-refractivity contribution in [2.75, 3.05) is 13.7 Å². The van der Waals surface area contributed by atoms with Crippen LogP contribution in [-0.4, -0.2) is 38.6 Å². The number of nitrogens with zero attached hydrogens (tertiary/aromatic N) is 5. The maximum absolute atomic E-state index is 6.37. The standard InChI is InChI=1S/C18H20ClN5O2S/c1-25-10-4-9-24-16(13-5-2-3-6-14(13)19)21-22-18(24)27-11-15-20-17(26-23-15)12-7-8-12/h2-3,5-6,12H,4,7-11H2,1H3. The smallest absolute Gasteiger partial charge is 0.229 e. The van der Waals surface area contributed by atoms with Crippen molar-refractivity contribution in [2.45, 2.75) is 42.6 Å². The Morgan fingerprint density at radius 1 is 1.30 bits per heavy atom. The molecule has 1 aliphatic rings. The lowest BCUT2D eigenvalue weighted by Crippen LogP contribution is -2.05. The molecule has 0 amide bonds. The topological polar surface area (TPSA) is 78.9 Å². The number of halogens is 1. The number of hydrogen-bond acceptors (Lipinski definition) is 7. The zero-order valence-electron chi connectivity index (χ0n) is 15.0. The van der Waals surface area contributed by atoms with Gasteiger partial charge in [0.05, 0.1) is 10.8 Å². The van der Waals surface area contributed by atoms with Gasteiger partial charge in [-0.15, -0.1) is 10.2 Å². The Balaban J connectivity index is 1.54. The van der Waals surface area contributed by atoms with E-state index in [1.165, 1.54) is 0 Å². The van der Waals surface area contributed by atoms with E-state index in [1.807, 2.05) is 24.3 Å². The molecule has 0 saturated heterocycles. The average molecular weight is 406 g/mol. The molecule has 0 aliphatic heterocycles. The normalized spacial score (nSPS) is 14.0. The molecule has 0 unspecified atom stereocenters. The first kappa shape index (κ1) is 18.5. The van der Waals surface area contributed by atoms with Gasteiger partial charge in [0, 0.05) is 31.7 Å². The third kappa shape index (κ3) is 4.34. The van der Waals surface area contributed by atoms with Crippen molar-refractivity contribution in [3.05, 3.63) is 41.0 Å². The van der Waals surface area contributed by atoms with E-state index in [9.17, 15) is 0 Å². The number of thioether (sulfide) groups is 1. The first-order valence-electron chi connectivity index (χ1n) is 8.88. The van der Waals surface area contributed by atoms with Gasteiger partial charge in [-0.3, -0.25) is 0 Å². The van der Waals surface area contributed by atoms with Crippen LogP contribution in [0, 0.1) is 0 Å². The van der Waals surface area contributed by atoms with Gasteiger partial charge in [-0.2, -0.15) is 4.98 Å². The molecule has 0 spiro atoms. The summed E-state index contributed by atoms with van der Waals surface area (Å²) < 4.78 is 12.6. The van der Waals surface area contributed by atoms with E-state index in [0.717, 1.165) is 48.2 Å². The second-order valence-electron chi connectivity index (χ2n) is 6.40. The zero-order valence-corrected chi connectivity index (χ0v) is 16.5. The second-order valence-corrected chi connectivity index (χ2v) is 7.75. The van der Waals surface area contributed by atoms with Gasteiger partial charge in [0.1, 0.15) is 0 Å². The minimum atomic E-state index is 0.459. The molecule has 0 radical (unpaired) electrons. The van der Waals surface area contributed by atoms with E-state index in [-0.39, 0.29) is 0 Å². The molecule has 27 heavy (non-hydrogen) atoms. The molecule has 142 valence electrons. The predicted molar refractivity (Wildman–Crippen MR) is 103 cm³/mol. The molecular formula is C18H20ClN5O2S. The van der Waals surface area contributed by atoms with E-state index >= 15 is 0 Å². The highest BCUT2D eigenvalue weighted by Gasteiger charge is 2.29. The van der Waals surface area contributed by atoms with Crippen molar-refractivity contribution in [3.8, 4) is 11.4 Å². The van der Waals surface area contributed by atoms with Gasteiger partial charge < -0.3 is 13.8 Å². The molecule has 1 aliphatic carbocycles. The second kappa shape index (κ2) is 8.41. The number of methoxy groups -OCH3 is 1. The lowest BCUT2D eigenvalue weighted by atomic mass is 10.2. The van der Waals surface area contributed by atoms with Gasteiger partial charge >= 0.3 is 0 Å². The van der Waals surface area contributed by atoms with E-state index in [4.69, 9.17) is 20.9 Å². The maximum Gasteiger partial charge on any atom is 0.229 e. The Kier molecular flexibility index (Phi) is 5.75. The molecule has 2 aromatic heterocycles. The average Bonchev–Trinajstić information content (AvgIpc) is 3.29. The van der Waals surface area contributed by atoms with Crippen molar-refractivity contribution >= 4 is 23.4 Å². The summed E-state index contributed by atoms with van der Waals surface area (Å²) in [6.45, 7) is 1.41. The highest BCUT2D eigenvalue weighted by Crippen LogP contribution is 2.39. The molecule has 2 heterocycles. The van der Waals surface area contributed by atoms with Crippen molar-refractivity contribution < 1.29 is 9.26 Å². The fourth-order valence-corrected chi connectivity index (χ4v) is 3.79. The lowest BCUT2D eigenvalue weighted by molar-refractivity contribution is 0.189. The van der Waals surface area contributed by atoms with Crippen LogP contribution in [0.15, 0.2) is 33.9 Å². The number of ether oxygens (including phenoxy) is 1. The Morgan fingerprint density at radius 2 is 2.15 bits per heavy atom. The summed E-state index contributed by atoms with van der Waals surface area (Å²) in [4.78, 5) is 4.47. The Labute approximate surface area is 166 Å². The molecule has 7 nitrogen and oxygen atoms in total. The fourth-order valence-electron chi connectivity index (χ4n) is 2.76. The van der Waals surface area contributed by atoms with Crippen LogP contribution < -0.4 is 0 Å². The van der Waals surface area contributed by atoms with Crippen molar-refractivity contribution in [3.63, 3.8) is 0 Å². The Bertz CT molecular complexity index is 909. The van der Waals surface area contributed by atoms with Gasteiger partial charge in [0.2, 0.25) is 5.89 Å². The molecule has 1 aromatic carbocycles. The number of hydrogen-bond donors (Lipinski definition) is 0. The third-order valence-corrected chi connectivity index (χ3v) is 5.59. The summed E-state index contributed by atoms with van der Waals surface area (Å²) in [5.41, 5.74) is 0.867. The molecule has 9 heteroatoms. The highest BCUT2D eigenvalue weighted by atomic mass is 35.5. The van der Waals surface area contributed by atoms with Crippen LogP contribution >= 0.6 is 23.4 Å².